The Morgan fingerprint density at radius 1 is 1.47 bits per heavy atom. The van der Waals surface area contributed by atoms with Crippen LogP contribution in [0.1, 0.15) is 5.56 Å². The van der Waals surface area contributed by atoms with Crippen molar-refractivity contribution in [2.45, 2.75) is 6.54 Å². The Hall–Kier alpha value is -2.37. The zero-order chi connectivity index (χ0) is 12.3. The first-order chi connectivity index (χ1) is 8.18. The maximum Gasteiger partial charge on any atom is 0.274 e. The van der Waals surface area contributed by atoms with E-state index in [1.165, 1.54) is 6.07 Å². The van der Waals surface area contributed by atoms with Crippen LogP contribution in [0.5, 0.6) is 0 Å². The molecule has 6 nitrogen and oxygen atoms in total. The predicted octanol–water partition coefficient (Wildman–Crippen LogP) is 1.94. The summed E-state index contributed by atoms with van der Waals surface area (Å²) in [7, 11) is 1.86. The van der Waals surface area contributed by atoms with E-state index in [4.69, 9.17) is 0 Å². The molecule has 1 heterocycles. The predicted molar refractivity (Wildman–Crippen MR) is 63.6 cm³/mol. The lowest BCUT2D eigenvalue weighted by Crippen LogP contribution is -2.06. The standard InChI is InChI=1S/C11H12N4O2/c1-14-7-6-12-11(14)13-8-9-4-2-3-5-10(9)15(16)17/h2-7H,8H2,1H3,(H,12,13). The van der Waals surface area contributed by atoms with E-state index in [1.807, 2.05) is 17.8 Å². The van der Waals surface area contributed by atoms with Crippen LogP contribution in [0.3, 0.4) is 0 Å². The van der Waals surface area contributed by atoms with Gasteiger partial charge in [-0.3, -0.25) is 10.1 Å². The minimum atomic E-state index is -0.380. The maximum atomic E-state index is 10.8. The molecule has 2 aromatic rings. The Balaban J connectivity index is 2.14. The van der Waals surface area contributed by atoms with Gasteiger partial charge in [-0.15, -0.1) is 0 Å². The average molecular weight is 232 g/mol. The molecular formula is C11H12N4O2. The van der Waals surface area contributed by atoms with Crippen molar-refractivity contribution in [2.75, 3.05) is 5.32 Å². The van der Waals surface area contributed by atoms with Crippen molar-refractivity contribution in [3.05, 3.63) is 52.3 Å². The van der Waals surface area contributed by atoms with Crippen molar-refractivity contribution >= 4 is 11.6 Å². The van der Waals surface area contributed by atoms with Gasteiger partial charge in [-0.05, 0) is 0 Å². The normalized spacial score (nSPS) is 10.2. The maximum absolute atomic E-state index is 10.8. The van der Waals surface area contributed by atoms with Crippen molar-refractivity contribution in [1.82, 2.24) is 9.55 Å². The number of aromatic nitrogens is 2. The molecule has 1 aromatic heterocycles. The third kappa shape index (κ3) is 2.41. The molecule has 0 bridgehead atoms. The van der Waals surface area contributed by atoms with Crippen LogP contribution in [0.4, 0.5) is 11.6 Å². The molecule has 0 fully saturated rings. The third-order valence-electron chi connectivity index (χ3n) is 2.45. The Morgan fingerprint density at radius 3 is 2.88 bits per heavy atom. The van der Waals surface area contributed by atoms with Gasteiger partial charge in [0, 0.05) is 37.6 Å². The van der Waals surface area contributed by atoms with Crippen LogP contribution in [0.2, 0.25) is 0 Å². The Morgan fingerprint density at radius 2 is 2.24 bits per heavy atom. The van der Waals surface area contributed by atoms with Crippen LogP contribution < -0.4 is 5.32 Å². The van der Waals surface area contributed by atoms with Gasteiger partial charge < -0.3 is 9.88 Å². The number of hydrogen-bond donors (Lipinski definition) is 1. The summed E-state index contributed by atoms with van der Waals surface area (Å²) in [5.74, 6) is 0.683. The van der Waals surface area contributed by atoms with Gasteiger partial charge in [0.25, 0.3) is 5.69 Å². The molecule has 0 radical (unpaired) electrons. The summed E-state index contributed by atoms with van der Waals surface area (Å²) in [5.41, 5.74) is 0.759. The lowest BCUT2D eigenvalue weighted by Gasteiger charge is -2.06. The zero-order valence-corrected chi connectivity index (χ0v) is 9.33. The molecule has 0 aliphatic rings. The third-order valence-corrected chi connectivity index (χ3v) is 2.45. The van der Waals surface area contributed by atoms with Gasteiger partial charge in [0.05, 0.1) is 4.92 Å². The highest BCUT2D eigenvalue weighted by molar-refractivity contribution is 5.42. The highest BCUT2D eigenvalue weighted by atomic mass is 16.6. The van der Waals surface area contributed by atoms with Gasteiger partial charge in [0.2, 0.25) is 5.95 Å². The minimum Gasteiger partial charge on any atom is -0.351 e. The summed E-state index contributed by atoms with van der Waals surface area (Å²) in [5, 5.41) is 13.9. The van der Waals surface area contributed by atoms with Gasteiger partial charge >= 0.3 is 0 Å². The number of benzene rings is 1. The highest BCUT2D eigenvalue weighted by Gasteiger charge is 2.12. The van der Waals surface area contributed by atoms with E-state index < -0.39 is 0 Å². The Kier molecular flexibility index (Phi) is 3.04. The molecule has 0 atom stereocenters. The first kappa shape index (κ1) is 11.1. The fourth-order valence-electron chi connectivity index (χ4n) is 1.55. The summed E-state index contributed by atoms with van der Waals surface area (Å²) in [6.45, 7) is 0.377. The Labute approximate surface area is 98.1 Å². The van der Waals surface area contributed by atoms with Crippen molar-refractivity contribution in [2.24, 2.45) is 7.05 Å². The SMILES string of the molecule is Cn1ccnc1NCc1ccccc1[N+](=O)[O-]. The topological polar surface area (TPSA) is 73.0 Å². The van der Waals surface area contributed by atoms with Gasteiger partial charge in [-0.1, -0.05) is 18.2 Å². The van der Waals surface area contributed by atoms with E-state index in [0.29, 0.717) is 18.1 Å². The van der Waals surface area contributed by atoms with E-state index >= 15 is 0 Å². The fraction of sp³-hybridized carbons (Fsp3) is 0.182. The van der Waals surface area contributed by atoms with Crippen LogP contribution in [0.25, 0.3) is 0 Å². The van der Waals surface area contributed by atoms with Crippen LogP contribution in [0.15, 0.2) is 36.7 Å². The van der Waals surface area contributed by atoms with Crippen molar-refractivity contribution in [3.8, 4) is 0 Å². The number of nitrogens with zero attached hydrogens (tertiary/aromatic N) is 3. The molecule has 6 heteroatoms. The molecular weight excluding hydrogens is 220 g/mol. The summed E-state index contributed by atoms with van der Waals surface area (Å²) in [6, 6.07) is 6.66. The summed E-state index contributed by atoms with van der Waals surface area (Å²) in [6.07, 6.45) is 3.48. The second-order valence-corrected chi connectivity index (χ2v) is 3.60. The van der Waals surface area contributed by atoms with Crippen molar-refractivity contribution in [1.29, 1.82) is 0 Å². The molecule has 0 aliphatic heterocycles. The van der Waals surface area contributed by atoms with E-state index in [-0.39, 0.29) is 10.6 Å². The number of nitrogens with one attached hydrogen (secondary N) is 1. The fourth-order valence-corrected chi connectivity index (χ4v) is 1.55. The first-order valence-electron chi connectivity index (χ1n) is 5.12. The number of nitro groups is 1. The smallest absolute Gasteiger partial charge is 0.274 e. The molecule has 2 rings (SSSR count). The molecule has 0 unspecified atom stereocenters. The van der Waals surface area contributed by atoms with Crippen molar-refractivity contribution < 1.29 is 4.92 Å². The van der Waals surface area contributed by atoms with Gasteiger partial charge in [-0.2, -0.15) is 0 Å². The van der Waals surface area contributed by atoms with Gasteiger partial charge in [0.15, 0.2) is 0 Å². The summed E-state index contributed by atoms with van der Waals surface area (Å²) in [4.78, 5) is 14.5. The summed E-state index contributed by atoms with van der Waals surface area (Å²) >= 11 is 0. The molecule has 17 heavy (non-hydrogen) atoms. The van der Waals surface area contributed by atoms with E-state index in [9.17, 15) is 10.1 Å². The highest BCUT2D eigenvalue weighted by Crippen LogP contribution is 2.18. The molecule has 0 spiro atoms. The number of nitro benzene ring substituents is 1. The minimum absolute atomic E-state index is 0.120. The average Bonchev–Trinajstić information content (AvgIpc) is 2.72. The Bertz CT molecular complexity index is 536. The zero-order valence-electron chi connectivity index (χ0n) is 9.33. The first-order valence-corrected chi connectivity index (χ1v) is 5.12. The number of para-hydroxylation sites is 1. The lowest BCUT2D eigenvalue weighted by atomic mass is 10.2. The number of hydrogen-bond acceptors (Lipinski definition) is 4. The van der Waals surface area contributed by atoms with E-state index in [0.717, 1.165) is 0 Å². The van der Waals surface area contributed by atoms with Crippen LogP contribution >= 0.6 is 0 Å². The van der Waals surface area contributed by atoms with Crippen LogP contribution in [-0.4, -0.2) is 14.5 Å². The number of anilines is 1. The van der Waals surface area contributed by atoms with Crippen molar-refractivity contribution in [3.63, 3.8) is 0 Å². The molecule has 0 amide bonds. The molecule has 0 aliphatic carbocycles. The van der Waals surface area contributed by atoms with E-state index in [1.54, 1.807) is 24.4 Å². The number of aryl methyl sites for hydroxylation is 1. The number of rotatable bonds is 4. The molecule has 1 aromatic carbocycles. The monoisotopic (exact) mass is 232 g/mol. The second-order valence-electron chi connectivity index (χ2n) is 3.60. The van der Waals surface area contributed by atoms with Gasteiger partial charge in [0.1, 0.15) is 0 Å². The molecule has 1 N–H and O–H groups in total. The summed E-state index contributed by atoms with van der Waals surface area (Å²) < 4.78 is 1.81. The molecule has 0 saturated heterocycles. The van der Waals surface area contributed by atoms with Crippen LogP contribution in [-0.2, 0) is 13.6 Å². The second kappa shape index (κ2) is 4.65. The largest absolute Gasteiger partial charge is 0.351 e. The number of imidazole rings is 1. The van der Waals surface area contributed by atoms with Gasteiger partial charge in [-0.25, -0.2) is 4.98 Å². The molecule has 0 saturated carbocycles. The lowest BCUT2D eigenvalue weighted by molar-refractivity contribution is -0.385. The van der Waals surface area contributed by atoms with Crippen LogP contribution in [0, 0.1) is 10.1 Å². The quantitative estimate of drug-likeness (QED) is 0.645. The molecule has 88 valence electrons. The van der Waals surface area contributed by atoms with E-state index in [2.05, 4.69) is 10.3 Å².